The Morgan fingerprint density at radius 3 is 2.46 bits per heavy atom. The predicted molar refractivity (Wildman–Crippen MR) is 50.8 cm³/mol. The fourth-order valence-electron chi connectivity index (χ4n) is 0.889. The van der Waals surface area contributed by atoms with Gasteiger partial charge in [0.2, 0.25) is 0 Å². The summed E-state index contributed by atoms with van der Waals surface area (Å²) in [6.45, 7) is 0. The van der Waals surface area contributed by atoms with Crippen molar-refractivity contribution in [1.29, 1.82) is 0 Å². The van der Waals surface area contributed by atoms with Crippen molar-refractivity contribution in [2.45, 2.75) is 0 Å². The minimum absolute atomic E-state index is 0.116. The van der Waals surface area contributed by atoms with E-state index in [0.717, 1.165) is 0 Å². The van der Waals surface area contributed by atoms with Crippen molar-refractivity contribution >= 4 is 22.6 Å². The average Bonchev–Trinajstić information content (AvgIpc) is 2.15. The second kappa shape index (κ2) is 4.62. The Morgan fingerprint density at radius 1 is 1.38 bits per heavy atom. The van der Waals surface area contributed by atoms with Gasteiger partial charge in [-0.15, -0.1) is 0 Å². The van der Waals surface area contributed by atoms with Gasteiger partial charge in [0.05, 0.1) is 0 Å². The number of rotatable bonds is 3. The molecule has 0 aliphatic rings. The zero-order chi connectivity index (χ0) is 9.68. The highest BCUT2D eigenvalue weighted by Crippen LogP contribution is 2.04. The van der Waals surface area contributed by atoms with E-state index in [-0.39, 0.29) is 5.71 Å². The molecular formula is C9H8ClNO2. The summed E-state index contributed by atoms with van der Waals surface area (Å²) in [5.74, 6) is 0. The molecule has 3 nitrogen and oxygen atoms in total. The molecule has 0 aliphatic heterocycles. The van der Waals surface area contributed by atoms with Crippen LogP contribution in [0.2, 0.25) is 0 Å². The molecule has 13 heavy (non-hydrogen) atoms. The van der Waals surface area contributed by atoms with Gasteiger partial charge >= 0.3 is 0 Å². The van der Waals surface area contributed by atoms with Crippen molar-refractivity contribution in [2.75, 3.05) is 7.11 Å². The minimum Gasteiger partial charge on any atom is -0.398 e. The first-order valence-corrected chi connectivity index (χ1v) is 4.00. The normalized spacial score (nSPS) is 11.1. The maximum atomic E-state index is 10.9. The highest BCUT2D eigenvalue weighted by molar-refractivity contribution is 6.83. The van der Waals surface area contributed by atoms with Crippen molar-refractivity contribution in [2.24, 2.45) is 5.16 Å². The number of hydrogen-bond donors (Lipinski definition) is 0. The molecule has 0 saturated heterocycles. The van der Waals surface area contributed by atoms with Crippen LogP contribution in [0.15, 0.2) is 35.5 Å². The Hall–Kier alpha value is -1.35. The molecule has 0 heterocycles. The molecule has 0 spiro atoms. The molecule has 0 bridgehead atoms. The first-order valence-electron chi connectivity index (χ1n) is 3.62. The van der Waals surface area contributed by atoms with Gasteiger partial charge in [-0.3, -0.25) is 4.79 Å². The monoisotopic (exact) mass is 197 g/mol. The van der Waals surface area contributed by atoms with Gasteiger partial charge in [0.15, 0.2) is 5.71 Å². The third kappa shape index (κ3) is 2.56. The number of nitrogens with zero attached hydrogens (tertiary/aromatic N) is 1. The van der Waals surface area contributed by atoms with Crippen LogP contribution in [-0.2, 0) is 9.63 Å². The van der Waals surface area contributed by atoms with Crippen LogP contribution in [-0.4, -0.2) is 18.1 Å². The molecule has 4 heteroatoms. The van der Waals surface area contributed by atoms with Gasteiger partial charge in [0.1, 0.15) is 7.11 Å². The third-order valence-corrected chi connectivity index (χ3v) is 1.59. The fourth-order valence-corrected chi connectivity index (χ4v) is 1.03. The molecule has 0 radical (unpaired) electrons. The van der Waals surface area contributed by atoms with Crippen LogP contribution >= 0.6 is 11.6 Å². The van der Waals surface area contributed by atoms with Gasteiger partial charge in [-0.1, -0.05) is 35.5 Å². The molecule has 0 fully saturated rings. The number of carbonyl (C=O) groups is 1. The second-order valence-corrected chi connectivity index (χ2v) is 2.61. The van der Waals surface area contributed by atoms with E-state index < -0.39 is 5.24 Å². The number of oxime groups is 1. The van der Waals surface area contributed by atoms with Crippen molar-refractivity contribution < 1.29 is 9.63 Å². The zero-order valence-corrected chi connectivity index (χ0v) is 7.78. The Morgan fingerprint density at radius 2 is 2.00 bits per heavy atom. The molecule has 0 unspecified atom stereocenters. The van der Waals surface area contributed by atoms with E-state index in [1.165, 1.54) is 7.11 Å². The maximum absolute atomic E-state index is 10.9. The molecule has 0 atom stereocenters. The summed E-state index contributed by atoms with van der Waals surface area (Å²) in [6, 6.07) is 8.89. The van der Waals surface area contributed by atoms with Crippen molar-refractivity contribution in [3.8, 4) is 0 Å². The van der Waals surface area contributed by atoms with E-state index in [2.05, 4.69) is 9.99 Å². The van der Waals surface area contributed by atoms with Gasteiger partial charge in [-0.2, -0.15) is 0 Å². The molecular weight excluding hydrogens is 190 g/mol. The number of hydrogen-bond acceptors (Lipinski definition) is 3. The Labute approximate surface area is 81.0 Å². The van der Waals surface area contributed by atoms with Crippen LogP contribution in [0.4, 0.5) is 0 Å². The molecule has 0 saturated carbocycles. The van der Waals surface area contributed by atoms with Crippen molar-refractivity contribution in [3.05, 3.63) is 35.9 Å². The first-order chi connectivity index (χ1) is 6.25. The first kappa shape index (κ1) is 9.74. The lowest BCUT2D eigenvalue weighted by Crippen LogP contribution is -2.09. The maximum Gasteiger partial charge on any atom is 0.274 e. The molecule has 1 aromatic carbocycles. The molecule has 0 N–H and O–H groups in total. The van der Waals surface area contributed by atoms with E-state index in [0.29, 0.717) is 5.56 Å². The Kier molecular flexibility index (Phi) is 3.46. The molecule has 1 aromatic rings. The van der Waals surface area contributed by atoms with E-state index in [1.54, 1.807) is 24.3 Å². The van der Waals surface area contributed by atoms with Gasteiger partial charge in [0.25, 0.3) is 5.24 Å². The largest absolute Gasteiger partial charge is 0.398 e. The minimum atomic E-state index is -0.631. The summed E-state index contributed by atoms with van der Waals surface area (Å²) in [6.07, 6.45) is 0. The van der Waals surface area contributed by atoms with E-state index >= 15 is 0 Å². The Balaban J connectivity index is 3.03. The summed E-state index contributed by atoms with van der Waals surface area (Å²) >= 11 is 5.31. The second-order valence-electron chi connectivity index (χ2n) is 2.26. The Bertz CT molecular complexity index is 322. The highest BCUT2D eigenvalue weighted by atomic mass is 35.5. The average molecular weight is 198 g/mol. The molecule has 0 aromatic heterocycles. The van der Waals surface area contributed by atoms with Gasteiger partial charge in [0, 0.05) is 5.56 Å². The van der Waals surface area contributed by atoms with Crippen molar-refractivity contribution in [1.82, 2.24) is 0 Å². The standard InChI is InChI=1S/C9H8ClNO2/c1-13-11-8(9(10)12)7-5-3-2-4-6-7/h2-6H,1H3. The summed E-state index contributed by atoms with van der Waals surface area (Å²) in [5.41, 5.74) is 0.758. The van der Waals surface area contributed by atoms with Crippen LogP contribution in [0.3, 0.4) is 0 Å². The van der Waals surface area contributed by atoms with Gasteiger partial charge in [-0.05, 0) is 11.6 Å². The predicted octanol–water partition coefficient (Wildman–Crippen LogP) is 1.80. The SMILES string of the molecule is CON=C(C(=O)Cl)c1ccccc1. The van der Waals surface area contributed by atoms with Crippen LogP contribution in [0.1, 0.15) is 5.56 Å². The number of carbonyl (C=O) groups excluding carboxylic acids is 1. The highest BCUT2D eigenvalue weighted by Gasteiger charge is 2.10. The summed E-state index contributed by atoms with van der Waals surface area (Å²) in [7, 11) is 1.36. The van der Waals surface area contributed by atoms with E-state index in [1.807, 2.05) is 6.07 Å². The van der Waals surface area contributed by atoms with Gasteiger partial charge in [-0.25, -0.2) is 0 Å². The van der Waals surface area contributed by atoms with E-state index in [4.69, 9.17) is 11.6 Å². The lowest BCUT2D eigenvalue weighted by Gasteiger charge is -1.98. The lowest BCUT2D eigenvalue weighted by atomic mass is 10.1. The molecule has 1 rings (SSSR count). The number of halogens is 1. The van der Waals surface area contributed by atoms with Crippen LogP contribution in [0.25, 0.3) is 0 Å². The molecule has 0 amide bonds. The smallest absolute Gasteiger partial charge is 0.274 e. The van der Waals surface area contributed by atoms with Crippen LogP contribution < -0.4 is 0 Å². The van der Waals surface area contributed by atoms with Crippen molar-refractivity contribution in [3.63, 3.8) is 0 Å². The van der Waals surface area contributed by atoms with Crippen LogP contribution in [0, 0.1) is 0 Å². The summed E-state index contributed by atoms with van der Waals surface area (Å²) in [4.78, 5) is 15.4. The fraction of sp³-hybridized carbons (Fsp3) is 0.111. The lowest BCUT2D eigenvalue weighted by molar-refractivity contribution is -0.106. The van der Waals surface area contributed by atoms with Gasteiger partial charge < -0.3 is 4.84 Å². The summed E-state index contributed by atoms with van der Waals surface area (Å²) in [5, 5.41) is 2.90. The topological polar surface area (TPSA) is 38.7 Å². The summed E-state index contributed by atoms with van der Waals surface area (Å²) < 4.78 is 0. The third-order valence-electron chi connectivity index (χ3n) is 1.42. The van der Waals surface area contributed by atoms with E-state index in [9.17, 15) is 4.79 Å². The number of benzene rings is 1. The zero-order valence-electron chi connectivity index (χ0n) is 7.03. The quantitative estimate of drug-likeness (QED) is 0.421. The molecule has 0 aliphatic carbocycles. The molecule has 68 valence electrons. The van der Waals surface area contributed by atoms with Crippen LogP contribution in [0.5, 0.6) is 0 Å².